The molecular formula is C28H24N4O3S. The van der Waals surface area contributed by atoms with Crippen LogP contribution in [0.15, 0.2) is 59.6 Å². The van der Waals surface area contributed by atoms with Crippen LogP contribution < -0.4 is 0 Å². The number of aliphatic hydroxyl groups is 1. The van der Waals surface area contributed by atoms with Crippen LogP contribution in [0.4, 0.5) is 0 Å². The standard InChI is InChI=1S/C28H24N4O3S/c1-16-4-7-21(8-5-16)36(34,35)32-15-20-10-11-28(33,25-17(2)12-18(3)26(32)24(20)25)27-30-22-9-6-19(14-29)13-23(22)31-27/h4-9,12-13,15,33H,10-11H2,1-3H3,(H,30,31). The Morgan fingerprint density at radius 2 is 1.83 bits per heavy atom. The Hall–Kier alpha value is -3.93. The molecule has 0 amide bonds. The number of aromatic nitrogens is 3. The molecule has 0 bridgehead atoms. The molecule has 1 aliphatic carbocycles. The van der Waals surface area contributed by atoms with E-state index in [-0.39, 0.29) is 4.90 Å². The molecule has 0 aliphatic heterocycles. The lowest BCUT2D eigenvalue weighted by Gasteiger charge is -2.33. The number of nitrogens with one attached hydrogen (secondary N) is 1. The van der Waals surface area contributed by atoms with Crippen molar-refractivity contribution in [3.05, 3.63) is 93.9 Å². The summed E-state index contributed by atoms with van der Waals surface area (Å²) in [4.78, 5) is 8.13. The van der Waals surface area contributed by atoms with E-state index < -0.39 is 15.6 Å². The van der Waals surface area contributed by atoms with Gasteiger partial charge in [0, 0.05) is 17.1 Å². The predicted octanol–water partition coefficient (Wildman–Crippen LogP) is 4.73. The second kappa shape index (κ2) is 7.53. The zero-order chi connectivity index (χ0) is 25.4. The van der Waals surface area contributed by atoms with E-state index in [1.54, 1.807) is 48.7 Å². The molecule has 0 fully saturated rings. The number of nitrogens with zero attached hydrogens (tertiary/aromatic N) is 3. The molecule has 1 atom stereocenters. The topological polar surface area (TPSA) is 112 Å². The van der Waals surface area contributed by atoms with Crippen molar-refractivity contribution in [3.63, 3.8) is 0 Å². The van der Waals surface area contributed by atoms with Gasteiger partial charge in [0.1, 0.15) is 11.4 Å². The van der Waals surface area contributed by atoms with Gasteiger partial charge in [0.2, 0.25) is 0 Å². The van der Waals surface area contributed by atoms with E-state index in [1.165, 1.54) is 3.97 Å². The summed E-state index contributed by atoms with van der Waals surface area (Å²) in [6.45, 7) is 5.75. The Bertz CT molecular complexity index is 1860. The summed E-state index contributed by atoms with van der Waals surface area (Å²) in [6.07, 6.45) is 2.53. The number of nitriles is 1. The highest BCUT2D eigenvalue weighted by atomic mass is 32.2. The first-order chi connectivity index (χ1) is 17.1. The molecule has 2 N–H and O–H groups in total. The van der Waals surface area contributed by atoms with Gasteiger partial charge in [0.25, 0.3) is 10.0 Å². The summed E-state index contributed by atoms with van der Waals surface area (Å²) in [6, 6.07) is 16.0. The molecule has 6 rings (SSSR count). The predicted molar refractivity (Wildman–Crippen MR) is 137 cm³/mol. The SMILES string of the molecule is Cc1ccc(S(=O)(=O)n2cc3c4c(c(C)cc(C)c42)C(O)(c2nc4ccc(C#N)cc4[nH]2)CC3)cc1. The minimum atomic E-state index is -3.85. The Labute approximate surface area is 208 Å². The van der Waals surface area contributed by atoms with Gasteiger partial charge in [-0.05, 0) is 80.6 Å². The molecule has 0 radical (unpaired) electrons. The number of H-pyrrole nitrogens is 1. The Kier molecular flexibility index (Phi) is 4.71. The lowest BCUT2D eigenvalue weighted by molar-refractivity contribution is 0.0615. The van der Waals surface area contributed by atoms with Crippen LogP contribution in [0.1, 0.15) is 45.6 Å². The fraction of sp³-hybridized carbons (Fsp3) is 0.214. The lowest BCUT2D eigenvalue weighted by atomic mass is 9.77. The molecule has 3 aromatic carbocycles. The molecule has 36 heavy (non-hydrogen) atoms. The van der Waals surface area contributed by atoms with Gasteiger partial charge in [-0.3, -0.25) is 0 Å². The van der Waals surface area contributed by atoms with Crippen LogP contribution in [0.3, 0.4) is 0 Å². The number of imidazole rings is 1. The van der Waals surface area contributed by atoms with Crippen LogP contribution in [0.5, 0.6) is 0 Å². The normalized spacial score (nSPS) is 17.5. The molecule has 0 saturated heterocycles. The number of aryl methyl sites for hydroxylation is 4. The van der Waals surface area contributed by atoms with Crippen molar-refractivity contribution in [2.24, 2.45) is 0 Å². The third kappa shape index (κ3) is 3.06. The summed E-state index contributed by atoms with van der Waals surface area (Å²) in [5.74, 6) is 0.389. The number of hydrogen-bond acceptors (Lipinski definition) is 5. The molecule has 0 saturated carbocycles. The maximum Gasteiger partial charge on any atom is 0.268 e. The average Bonchev–Trinajstić information content (AvgIpc) is 3.46. The van der Waals surface area contributed by atoms with Crippen LogP contribution in [0.2, 0.25) is 0 Å². The third-order valence-electron chi connectivity index (χ3n) is 7.25. The van der Waals surface area contributed by atoms with Gasteiger partial charge in [-0.25, -0.2) is 17.4 Å². The van der Waals surface area contributed by atoms with Gasteiger partial charge >= 0.3 is 0 Å². The van der Waals surface area contributed by atoms with Crippen molar-refractivity contribution < 1.29 is 13.5 Å². The summed E-state index contributed by atoms with van der Waals surface area (Å²) in [5.41, 5.74) is 5.19. The number of hydrogen-bond donors (Lipinski definition) is 2. The molecule has 1 unspecified atom stereocenters. The number of benzene rings is 3. The molecule has 2 aromatic heterocycles. The van der Waals surface area contributed by atoms with Crippen molar-refractivity contribution in [2.45, 2.75) is 44.1 Å². The number of fused-ring (bicyclic) bond motifs is 1. The van der Waals surface area contributed by atoms with Crippen molar-refractivity contribution in [1.82, 2.24) is 13.9 Å². The molecular weight excluding hydrogens is 472 g/mol. The van der Waals surface area contributed by atoms with Crippen molar-refractivity contribution in [3.8, 4) is 6.07 Å². The van der Waals surface area contributed by atoms with Crippen molar-refractivity contribution >= 4 is 32.0 Å². The maximum absolute atomic E-state index is 13.7. The van der Waals surface area contributed by atoms with Crippen molar-refractivity contribution in [1.29, 1.82) is 5.26 Å². The van der Waals surface area contributed by atoms with Gasteiger partial charge in [0.05, 0.1) is 33.1 Å². The monoisotopic (exact) mass is 496 g/mol. The van der Waals surface area contributed by atoms with Crippen LogP contribution >= 0.6 is 0 Å². The molecule has 8 heteroatoms. The maximum atomic E-state index is 13.7. The van der Waals surface area contributed by atoms with Gasteiger partial charge in [-0.1, -0.05) is 23.8 Å². The largest absolute Gasteiger partial charge is 0.377 e. The number of aromatic amines is 1. The van der Waals surface area contributed by atoms with Crippen LogP contribution in [0, 0.1) is 32.1 Å². The molecule has 2 heterocycles. The highest BCUT2D eigenvalue weighted by molar-refractivity contribution is 7.90. The zero-order valence-electron chi connectivity index (χ0n) is 20.1. The highest BCUT2D eigenvalue weighted by Crippen LogP contribution is 2.46. The highest BCUT2D eigenvalue weighted by Gasteiger charge is 2.42. The summed E-state index contributed by atoms with van der Waals surface area (Å²) >= 11 is 0. The Balaban J connectivity index is 1.61. The fourth-order valence-corrected chi connectivity index (χ4v) is 6.98. The van der Waals surface area contributed by atoms with Crippen molar-refractivity contribution in [2.75, 3.05) is 0 Å². The third-order valence-corrected chi connectivity index (χ3v) is 8.93. The van der Waals surface area contributed by atoms with E-state index in [2.05, 4.69) is 16.0 Å². The van der Waals surface area contributed by atoms with E-state index in [0.29, 0.717) is 46.3 Å². The summed E-state index contributed by atoms with van der Waals surface area (Å²) in [5, 5.41) is 22.2. The smallest absolute Gasteiger partial charge is 0.268 e. The Morgan fingerprint density at radius 1 is 1.08 bits per heavy atom. The first kappa shape index (κ1) is 22.5. The Morgan fingerprint density at radius 3 is 2.56 bits per heavy atom. The zero-order valence-corrected chi connectivity index (χ0v) is 20.9. The second-order valence-corrected chi connectivity index (χ2v) is 11.5. The van der Waals surface area contributed by atoms with Gasteiger partial charge in [-0.15, -0.1) is 0 Å². The summed E-state index contributed by atoms with van der Waals surface area (Å²) in [7, 11) is -3.85. The van der Waals surface area contributed by atoms with Gasteiger partial charge in [-0.2, -0.15) is 5.26 Å². The molecule has 180 valence electrons. The average molecular weight is 497 g/mol. The van der Waals surface area contributed by atoms with E-state index >= 15 is 0 Å². The van der Waals surface area contributed by atoms with Gasteiger partial charge in [0.15, 0.2) is 0 Å². The van der Waals surface area contributed by atoms with E-state index in [4.69, 9.17) is 0 Å². The number of rotatable bonds is 3. The van der Waals surface area contributed by atoms with Gasteiger partial charge < -0.3 is 10.1 Å². The quantitative estimate of drug-likeness (QED) is 0.375. The first-order valence-corrected chi connectivity index (χ1v) is 13.2. The van der Waals surface area contributed by atoms with E-state index in [0.717, 1.165) is 27.6 Å². The molecule has 5 aromatic rings. The van der Waals surface area contributed by atoms with E-state index in [1.807, 2.05) is 26.8 Å². The molecule has 7 nitrogen and oxygen atoms in total. The van der Waals surface area contributed by atoms with Crippen LogP contribution in [0.25, 0.3) is 21.9 Å². The second-order valence-electron chi connectivity index (χ2n) is 9.67. The fourth-order valence-electron chi connectivity index (χ4n) is 5.53. The van der Waals surface area contributed by atoms with Crippen LogP contribution in [-0.2, 0) is 22.0 Å². The first-order valence-electron chi connectivity index (χ1n) is 11.7. The van der Waals surface area contributed by atoms with E-state index in [9.17, 15) is 18.8 Å². The minimum Gasteiger partial charge on any atom is -0.377 e. The summed E-state index contributed by atoms with van der Waals surface area (Å²) < 4.78 is 28.8. The van der Waals surface area contributed by atoms with Crippen LogP contribution in [-0.4, -0.2) is 27.5 Å². The lowest BCUT2D eigenvalue weighted by Crippen LogP contribution is -2.33. The molecule has 1 aliphatic rings. The minimum absolute atomic E-state index is 0.221. The molecule has 0 spiro atoms.